The maximum absolute atomic E-state index is 7.49. The van der Waals surface area contributed by atoms with Crippen molar-refractivity contribution in [3.05, 3.63) is 40.4 Å². The molecule has 13 heavy (non-hydrogen) atoms. The zero-order valence-corrected chi connectivity index (χ0v) is 7.66. The summed E-state index contributed by atoms with van der Waals surface area (Å²) in [6.07, 6.45) is 0. The Bertz CT molecular complexity index is 374. The van der Waals surface area contributed by atoms with Crippen molar-refractivity contribution in [2.45, 2.75) is 6.92 Å². The van der Waals surface area contributed by atoms with Crippen LogP contribution >= 0.6 is 0 Å². The molecule has 0 amide bonds. The van der Waals surface area contributed by atoms with Gasteiger partial charge in [-0.3, -0.25) is 0 Å². The van der Waals surface area contributed by atoms with Crippen molar-refractivity contribution in [2.24, 2.45) is 0 Å². The molecular weight excluding hydrogens is 164 g/mol. The normalized spacial score (nSPS) is 8.46. The molecule has 0 aliphatic rings. The third-order valence-electron chi connectivity index (χ3n) is 1.59. The van der Waals surface area contributed by atoms with Crippen LogP contribution in [0, 0.1) is 11.5 Å². The molecule has 0 heterocycles. The molecule has 0 atom stereocenters. The van der Waals surface area contributed by atoms with Gasteiger partial charge in [-0.25, -0.2) is 0 Å². The van der Waals surface area contributed by atoms with E-state index in [2.05, 4.69) is 15.9 Å². The van der Waals surface area contributed by atoms with Crippen LogP contribution in [0.3, 0.4) is 0 Å². The summed E-state index contributed by atoms with van der Waals surface area (Å²) < 4.78 is 0. The molecule has 0 saturated heterocycles. The van der Waals surface area contributed by atoms with Gasteiger partial charge in [-0.15, -0.1) is 0 Å². The van der Waals surface area contributed by atoms with Gasteiger partial charge in [0.05, 0.1) is 0 Å². The molecule has 66 valence electrons. The molecule has 0 aromatic heterocycles. The second-order valence-electron chi connectivity index (χ2n) is 2.56. The van der Waals surface area contributed by atoms with Gasteiger partial charge in [0.15, 0.2) is 7.11 Å². The largest absolute Gasteiger partial charge is 0.389 e. The molecule has 0 spiro atoms. The third kappa shape index (κ3) is 2.31. The molecule has 0 aliphatic heterocycles. The summed E-state index contributed by atoms with van der Waals surface area (Å²) in [5.74, 6) is 0. The number of nitrogens with zero attached hydrogens (tertiary/aromatic N) is 1. The zero-order valence-electron chi connectivity index (χ0n) is 7.66. The van der Waals surface area contributed by atoms with Gasteiger partial charge < -0.3 is 5.41 Å². The van der Waals surface area contributed by atoms with Gasteiger partial charge in [0.1, 0.15) is 5.56 Å². The van der Waals surface area contributed by atoms with Crippen LogP contribution in [0.1, 0.15) is 18.1 Å². The highest BCUT2D eigenvalue weighted by Crippen LogP contribution is 2.07. The summed E-state index contributed by atoms with van der Waals surface area (Å²) in [5.41, 5.74) is 2.09. The predicted molar refractivity (Wildman–Crippen MR) is 52.3 cm³/mol. The van der Waals surface area contributed by atoms with Crippen LogP contribution in [0.15, 0.2) is 24.3 Å². The Morgan fingerprint density at radius 3 is 2.77 bits per heavy atom. The van der Waals surface area contributed by atoms with E-state index in [9.17, 15) is 0 Å². The van der Waals surface area contributed by atoms with Gasteiger partial charge in [0.2, 0.25) is 5.01 Å². The molecule has 1 aromatic rings. The molecule has 1 rings (SSSR count). The van der Waals surface area contributed by atoms with Crippen LogP contribution in [0.2, 0.25) is 0 Å². The summed E-state index contributed by atoms with van der Waals surface area (Å²) in [6, 6.07) is 10.2. The first-order valence-electron chi connectivity index (χ1n) is 3.89. The average molecular weight is 175 g/mol. The molecule has 3 heteroatoms. The van der Waals surface area contributed by atoms with E-state index in [-0.39, 0.29) is 0 Å². The maximum atomic E-state index is 7.49. The SMILES string of the molecule is CO[N+]#Cc1ccccc1C(C)=N. The van der Waals surface area contributed by atoms with Gasteiger partial charge >= 0.3 is 6.07 Å². The highest BCUT2D eigenvalue weighted by molar-refractivity contribution is 5.98. The quantitative estimate of drug-likeness (QED) is 0.516. The van der Waals surface area contributed by atoms with Gasteiger partial charge in [-0.1, -0.05) is 18.2 Å². The Morgan fingerprint density at radius 1 is 1.46 bits per heavy atom. The second kappa shape index (κ2) is 4.27. The van der Waals surface area contributed by atoms with E-state index in [0.29, 0.717) is 5.71 Å². The van der Waals surface area contributed by atoms with E-state index in [0.717, 1.165) is 11.1 Å². The first kappa shape index (κ1) is 9.27. The summed E-state index contributed by atoms with van der Waals surface area (Å²) in [4.78, 5) is 4.52. The molecule has 0 aliphatic carbocycles. The van der Waals surface area contributed by atoms with Crippen LogP contribution in [0.5, 0.6) is 0 Å². The zero-order chi connectivity index (χ0) is 9.68. The Morgan fingerprint density at radius 2 is 2.15 bits per heavy atom. The third-order valence-corrected chi connectivity index (χ3v) is 1.59. The highest BCUT2D eigenvalue weighted by Gasteiger charge is 2.05. The molecule has 0 fully saturated rings. The number of hydrogen-bond acceptors (Lipinski definition) is 2. The van der Waals surface area contributed by atoms with Crippen LogP contribution in [0.4, 0.5) is 0 Å². The smallest absolute Gasteiger partial charge is 0.305 e. The number of nitrogens with one attached hydrogen (secondary N) is 1. The van der Waals surface area contributed by atoms with Crippen molar-refractivity contribution in [1.82, 2.24) is 0 Å². The van der Waals surface area contributed by atoms with E-state index >= 15 is 0 Å². The monoisotopic (exact) mass is 175 g/mol. The van der Waals surface area contributed by atoms with Crippen molar-refractivity contribution >= 4 is 5.71 Å². The maximum Gasteiger partial charge on any atom is 0.389 e. The van der Waals surface area contributed by atoms with Crippen molar-refractivity contribution in [3.63, 3.8) is 0 Å². The van der Waals surface area contributed by atoms with Crippen molar-refractivity contribution in [2.75, 3.05) is 7.11 Å². The van der Waals surface area contributed by atoms with E-state index < -0.39 is 0 Å². The van der Waals surface area contributed by atoms with Gasteiger partial charge in [0, 0.05) is 11.3 Å². The highest BCUT2D eigenvalue weighted by atomic mass is 16.6. The minimum atomic E-state index is 0.495. The summed E-state index contributed by atoms with van der Waals surface area (Å²) in [6.45, 7) is 1.73. The van der Waals surface area contributed by atoms with Crippen molar-refractivity contribution < 1.29 is 4.84 Å². The van der Waals surface area contributed by atoms with Crippen molar-refractivity contribution in [3.8, 4) is 6.07 Å². The van der Waals surface area contributed by atoms with Crippen molar-refractivity contribution in [1.29, 1.82) is 5.41 Å². The predicted octanol–water partition coefficient (Wildman–Crippen LogP) is 2.32. The molecule has 0 bridgehead atoms. The second-order valence-corrected chi connectivity index (χ2v) is 2.56. The Hall–Kier alpha value is -1.82. The number of hydrogen-bond donors (Lipinski definition) is 1. The summed E-state index contributed by atoms with van der Waals surface area (Å²) >= 11 is 0. The molecule has 1 aromatic carbocycles. The number of rotatable bonds is 1. The fraction of sp³-hybridized carbons (Fsp3) is 0.200. The fourth-order valence-corrected chi connectivity index (χ4v) is 1.00. The standard InChI is InChI=1S/C10H11N2O/c1-8(11)10-6-4-3-5-9(10)7-12-13-2/h3-6,11H,1-2H3/q+1. The van der Waals surface area contributed by atoms with Crippen LogP contribution in [-0.2, 0) is 4.84 Å². The van der Waals surface area contributed by atoms with Crippen LogP contribution in [-0.4, -0.2) is 12.8 Å². The average Bonchev–Trinajstić information content (AvgIpc) is 2.15. The van der Waals surface area contributed by atoms with Gasteiger partial charge in [-0.05, 0) is 13.0 Å². The van der Waals surface area contributed by atoms with E-state index in [1.807, 2.05) is 24.3 Å². The number of benzene rings is 1. The van der Waals surface area contributed by atoms with Crippen LogP contribution < -0.4 is 0 Å². The lowest BCUT2D eigenvalue weighted by Gasteiger charge is -1.96. The van der Waals surface area contributed by atoms with Gasteiger partial charge in [0.25, 0.3) is 0 Å². The molecule has 0 unspecified atom stereocenters. The molecule has 0 radical (unpaired) electrons. The fourth-order valence-electron chi connectivity index (χ4n) is 1.00. The van der Waals surface area contributed by atoms with E-state index in [1.54, 1.807) is 6.92 Å². The lowest BCUT2D eigenvalue weighted by atomic mass is 10.1. The Balaban J connectivity index is 3.12. The Labute approximate surface area is 77.2 Å². The van der Waals surface area contributed by atoms with E-state index in [4.69, 9.17) is 5.41 Å². The summed E-state index contributed by atoms with van der Waals surface area (Å²) in [5, 5.41) is 11.0. The lowest BCUT2D eigenvalue weighted by molar-refractivity contribution is 0.331. The molecule has 3 nitrogen and oxygen atoms in total. The minimum absolute atomic E-state index is 0.495. The first-order chi connectivity index (χ1) is 6.25. The molecule has 1 N–H and O–H groups in total. The minimum Gasteiger partial charge on any atom is -0.305 e. The summed E-state index contributed by atoms with van der Waals surface area (Å²) in [7, 11) is 1.47. The first-order valence-corrected chi connectivity index (χ1v) is 3.89. The molecule has 0 saturated carbocycles. The van der Waals surface area contributed by atoms with Crippen LogP contribution in [0.25, 0.3) is 5.01 Å². The lowest BCUT2D eigenvalue weighted by Crippen LogP contribution is -1.95. The molecular formula is C10H11N2O+. The van der Waals surface area contributed by atoms with E-state index in [1.165, 1.54) is 7.11 Å². The topological polar surface area (TPSA) is 37.4 Å². The Kier molecular flexibility index (Phi) is 3.04. The van der Waals surface area contributed by atoms with Gasteiger partial charge in [-0.2, -0.15) is 4.84 Å².